The number of aryl methyl sites for hydroxylation is 1. The summed E-state index contributed by atoms with van der Waals surface area (Å²) in [5.41, 5.74) is 0.120. The number of benzene rings is 1. The van der Waals surface area contributed by atoms with Gasteiger partial charge in [-0.1, -0.05) is 12.1 Å². The van der Waals surface area contributed by atoms with Gasteiger partial charge in [-0.25, -0.2) is 9.48 Å². The first-order valence-corrected chi connectivity index (χ1v) is 6.15. The minimum atomic E-state index is -0.459. The number of aromatic hydroxyl groups is 1. The van der Waals surface area contributed by atoms with Crippen LogP contribution in [-0.2, 0) is 20.5 Å². The largest absolute Gasteiger partial charge is 0.508 e. The molecule has 1 heterocycles. The maximum Gasteiger partial charge on any atom is 0.346 e. The molecule has 0 radical (unpaired) electrons. The number of phenolic OH excluding ortho intramolecular Hbond substituents is 1. The van der Waals surface area contributed by atoms with E-state index < -0.39 is 11.2 Å². The topological polar surface area (TPSA) is 89.2 Å². The summed E-state index contributed by atoms with van der Waals surface area (Å²) >= 11 is 0. The molecule has 7 nitrogen and oxygen atoms in total. The van der Waals surface area contributed by atoms with Crippen molar-refractivity contribution in [1.29, 1.82) is 0 Å². The Morgan fingerprint density at radius 1 is 1.20 bits per heavy atom. The van der Waals surface area contributed by atoms with Crippen molar-refractivity contribution in [2.45, 2.75) is 6.42 Å². The smallest absolute Gasteiger partial charge is 0.346 e. The molecular weight excluding hydrogens is 260 g/mol. The maximum absolute atomic E-state index is 11.8. The van der Waals surface area contributed by atoms with Gasteiger partial charge in [0.1, 0.15) is 5.75 Å². The van der Waals surface area contributed by atoms with Gasteiger partial charge in [-0.15, -0.1) is 5.10 Å². The van der Waals surface area contributed by atoms with Gasteiger partial charge in [0, 0.05) is 20.6 Å². The van der Waals surface area contributed by atoms with Crippen molar-refractivity contribution in [2.24, 2.45) is 14.1 Å². The molecular formula is C13H16N4O3. The summed E-state index contributed by atoms with van der Waals surface area (Å²) in [6, 6.07) is 6.84. The number of hydrogen-bond acceptors (Lipinski definition) is 5. The fourth-order valence-corrected chi connectivity index (χ4v) is 1.80. The summed E-state index contributed by atoms with van der Waals surface area (Å²) < 4.78 is 2.13. The molecule has 0 aliphatic carbocycles. The highest BCUT2D eigenvalue weighted by Crippen LogP contribution is 2.09. The van der Waals surface area contributed by atoms with E-state index in [0.29, 0.717) is 13.0 Å². The normalized spacial score (nSPS) is 10.5. The molecule has 2 aromatic rings. The van der Waals surface area contributed by atoms with Crippen LogP contribution in [0.1, 0.15) is 5.56 Å². The summed E-state index contributed by atoms with van der Waals surface area (Å²) in [5.74, 6) is 0.365. The third kappa shape index (κ3) is 2.87. The molecule has 0 amide bonds. The third-order valence-corrected chi connectivity index (χ3v) is 2.96. The van der Waals surface area contributed by atoms with E-state index >= 15 is 0 Å². The van der Waals surface area contributed by atoms with Gasteiger partial charge in [-0.3, -0.25) is 9.36 Å². The van der Waals surface area contributed by atoms with E-state index in [1.807, 2.05) is 12.1 Å². The van der Waals surface area contributed by atoms with Crippen LogP contribution in [0.4, 0.5) is 5.82 Å². The molecule has 106 valence electrons. The van der Waals surface area contributed by atoms with Gasteiger partial charge >= 0.3 is 5.69 Å². The summed E-state index contributed by atoms with van der Waals surface area (Å²) in [6.07, 6.45) is 0.675. The summed E-state index contributed by atoms with van der Waals surface area (Å²) in [4.78, 5) is 23.3. The van der Waals surface area contributed by atoms with E-state index in [1.54, 1.807) is 12.1 Å². The predicted molar refractivity (Wildman–Crippen MR) is 75.0 cm³/mol. The Bertz CT molecular complexity index is 716. The Kier molecular flexibility index (Phi) is 3.88. The highest BCUT2D eigenvalue weighted by atomic mass is 16.3. The highest BCUT2D eigenvalue weighted by molar-refractivity contribution is 5.31. The molecule has 0 spiro atoms. The predicted octanol–water partition coefficient (Wildman–Crippen LogP) is -0.161. The van der Waals surface area contributed by atoms with E-state index in [4.69, 9.17) is 0 Å². The third-order valence-electron chi connectivity index (χ3n) is 2.96. The standard InChI is InChI=1S/C13H16N4O3/c1-16-12(19)11(15-17(2)13(16)20)14-8-7-9-3-5-10(18)6-4-9/h3-6,18H,7-8H2,1-2H3,(H,14,15). The molecule has 2 N–H and O–H groups in total. The first-order chi connectivity index (χ1) is 9.49. The number of phenols is 1. The summed E-state index contributed by atoms with van der Waals surface area (Å²) in [6.45, 7) is 0.505. The van der Waals surface area contributed by atoms with Crippen LogP contribution in [0.3, 0.4) is 0 Å². The van der Waals surface area contributed by atoms with Gasteiger partial charge in [-0.05, 0) is 24.1 Å². The first kappa shape index (κ1) is 13.9. The van der Waals surface area contributed by atoms with Crippen LogP contribution in [0.25, 0.3) is 0 Å². The lowest BCUT2D eigenvalue weighted by Gasteiger charge is -2.08. The van der Waals surface area contributed by atoms with E-state index in [9.17, 15) is 14.7 Å². The zero-order valence-electron chi connectivity index (χ0n) is 11.3. The molecule has 1 aromatic heterocycles. The second-order valence-electron chi connectivity index (χ2n) is 4.46. The fourth-order valence-electron chi connectivity index (χ4n) is 1.80. The van der Waals surface area contributed by atoms with Crippen LogP contribution in [0.5, 0.6) is 5.75 Å². The zero-order valence-corrected chi connectivity index (χ0v) is 11.3. The van der Waals surface area contributed by atoms with Crippen LogP contribution in [-0.4, -0.2) is 26.0 Å². The minimum Gasteiger partial charge on any atom is -0.508 e. The molecule has 0 unspecified atom stereocenters. The van der Waals surface area contributed by atoms with Crippen molar-refractivity contribution >= 4 is 5.82 Å². The van der Waals surface area contributed by atoms with Gasteiger partial charge in [0.2, 0.25) is 5.82 Å². The average molecular weight is 276 g/mol. The Balaban J connectivity index is 2.07. The first-order valence-electron chi connectivity index (χ1n) is 6.15. The monoisotopic (exact) mass is 276 g/mol. The Morgan fingerprint density at radius 2 is 1.85 bits per heavy atom. The molecule has 2 rings (SSSR count). The number of aromatic nitrogens is 3. The number of rotatable bonds is 4. The summed E-state index contributed by atoms with van der Waals surface area (Å²) in [7, 11) is 2.91. The number of nitrogens with one attached hydrogen (secondary N) is 1. The molecule has 0 atom stereocenters. The lowest BCUT2D eigenvalue weighted by Crippen LogP contribution is -2.40. The zero-order chi connectivity index (χ0) is 14.7. The van der Waals surface area contributed by atoms with Gasteiger partial charge < -0.3 is 10.4 Å². The molecule has 20 heavy (non-hydrogen) atoms. The van der Waals surface area contributed by atoms with Crippen molar-refractivity contribution in [3.8, 4) is 5.75 Å². The molecule has 0 aliphatic heterocycles. The number of anilines is 1. The molecule has 7 heteroatoms. The maximum atomic E-state index is 11.8. The highest BCUT2D eigenvalue weighted by Gasteiger charge is 2.07. The van der Waals surface area contributed by atoms with E-state index in [-0.39, 0.29) is 11.6 Å². The quantitative estimate of drug-likeness (QED) is 0.810. The average Bonchev–Trinajstić information content (AvgIpc) is 2.44. The van der Waals surface area contributed by atoms with Crippen molar-refractivity contribution in [3.05, 3.63) is 50.7 Å². The second-order valence-corrected chi connectivity index (χ2v) is 4.46. The molecule has 0 fully saturated rings. The molecule has 0 bridgehead atoms. The molecule has 0 aliphatic rings. The van der Waals surface area contributed by atoms with Crippen LogP contribution >= 0.6 is 0 Å². The van der Waals surface area contributed by atoms with Gasteiger partial charge in [0.05, 0.1) is 0 Å². The Morgan fingerprint density at radius 3 is 2.50 bits per heavy atom. The number of nitrogens with zero attached hydrogens (tertiary/aromatic N) is 3. The number of hydrogen-bond donors (Lipinski definition) is 2. The lowest BCUT2D eigenvalue weighted by atomic mass is 10.1. The van der Waals surface area contributed by atoms with Crippen LogP contribution in [0.2, 0.25) is 0 Å². The fraction of sp³-hybridized carbons (Fsp3) is 0.308. The van der Waals surface area contributed by atoms with Gasteiger partial charge in [0.15, 0.2) is 0 Å². The Hall–Kier alpha value is -2.57. The van der Waals surface area contributed by atoms with Crippen molar-refractivity contribution in [1.82, 2.24) is 14.3 Å². The SMILES string of the molecule is Cn1nc(NCCc2ccc(O)cc2)c(=O)n(C)c1=O. The Labute approximate surface area is 115 Å². The lowest BCUT2D eigenvalue weighted by molar-refractivity contribution is 0.475. The van der Waals surface area contributed by atoms with Crippen LogP contribution in [0, 0.1) is 0 Å². The van der Waals surface area contributed by atoms with Crippen molar-refractivity contribution in [3.63, 3.8) is 0 Å². The molecule has 1 aromatic carbocycles. The summed E-state index contributed by atoms with van der Waals surface area (Å²) in [5, 5.41) is 16.0. The van der Waals surface area contributed by atoms with E-state index in [0.717, 1.165) is 14.8 Å². The minimum absolute atomic E-state index is 0.147. The van der Waals surface area contributed by atoms with Gasteiger partial charge in [0.25, 0.3) is 5.56 Å². The van der Waals surface area contributed by atoms with Crippen molar-refractivity contribution < 1.29 is 5.11 Å². The molecule has 0 saturated carbocycles. The van der Waals surface area contributed by atoms with E-state index in [1.165, 1.54) is 14.1 Å². The molecule has 0 saturated heterocycles. The van der Waals surface area contributed by atoms with Crippen molar-refractivity contribution in [2.75, 3.05) is 11.9 Å². The van der Waals surface area contributed by atoms with Gasteiger partial charge in [-0.2, -0.15) is 0 Å². The van der Waals surface area contributed by atoms with Crippen LogP contribution < -0.4 is 16.6 Å². The van der Waals surface area contributed by atoms with Crippen LogP contribution in [0.15, 0.2) is 33.9 Å². The second kappa shape index (κ2) is 5.60. The van der Waals surface area contributed by atoms with E-state index in [2.05, 4.69) is 10.4 Å².